The fourth-order valence-electron chi connectivity index (χ4n) is 0.955. The fraction of sp³-hybridized carbons (Fsp3) is 0.143. The van der Waals surface area contributed by atoms with E-state index in [1.807, 2.05) is 0 Å². The summed E-state index contributed by atoms with van der Waals surface area (Å²) in [5.74, 6) is -0.217. The molecule has 1 aromatic carbocycles. The molecule has 1 heterocycles. The topological polar surface area (TPSA) is 25.8 Å². The van der Waals surface area contributed by atoms with E-state index in [9.17, 15) is 4.39 Å². The highest BCUT2D eigenvalue weighted by atomic mass is 32.1. The summed E-state index contributed by atoms with van der Waals surface area (Å²) >= 11 is 1.11. The molecule has 0 saturated heterocycles. The zero-order chi connectivity index (χ0) is 7.84. The van der Waals surface area contributed by atoms with Gasteiger partial charge in [-0.3, -0.25) is 0 Å². The molecule has 0 N–H and O–H groups in total. The van der Waals surface area contributed by atoms with Gasteiger partial charge in [0, 0.05) is 5.56 Å². The van der Waals surface area contributed by atoms with Crippen LogP contribution in [0.15, 0.2) is 12.1 Å². The molecular weight excluding hydrogens is 163 g/mol. The summed E-state index contributed by atoms with van der Waals surface area (Å²) in [6.07, 6.45) is 0. The second-order valence-electron chi connectivity index (χ2n) is 2.30. The van der Waals surface area contributed by atoms with Crippen LogP contribution in [-0.4, -0.2) is 8.75 Å². The Labute approximate surface area is 67.0 Å². The van der Waals surface area contributed by atoms with Gasteiger partial charge in [0.05, 0.1) is 11.7 Å². The number of nitrogens with zero attached hydrogens (tertiary/aromatic N) is 2. The van der Waals surface area contributed by atoms with Gasteiger partial charge in [-0.1, -0.05) is 0 Å². The third kappa shape index (κ3) is 0.903. The van der Waals surface area contributed by atoms with Crippen molar-refractivity contribution in [1.29, 1.82) is 0 Å². The predicted molar refractivity (Wildman–Crippen MR) is 42.1 cm³/mol. The zero-order valence-corrected chi connectivity index (χ0v) is 6.65. The predicted octanol–water partition coefficient (Wildman–Crippen LogP) is 2.14. The van der Waals surface area contributed by atoms with Crippen LogP contribution in [0.3, 0.4) is 0 Å². The lowest BCUT2D eigenvalue weighted by atomic mass is 10.2. The summed E-state index contributed by atoms with van der Waals surface area (Å²) in [5, 5.41) is 0. The van der Waals surface area contributed by atoms with Crippen LogP contribution in [0, 0.1) is 12.7 Å². The normalized spacial score (nSPS) is 10.7. The van der Waals surface area contributed by atoms with E-state index in [2.05, 4.69) is 8.75 Å². The van der Waals surface area contributed by atoms with Gasteiger partial charge in [0.1, 0.15) is 16.9 Å². The van der Waals surface area contributed by atoms with Crippen molar-refractivity contribution in [2.45, 2.75) is 6.92 Å². The molecular formula is C7H5FN2S. The third-order valence-electron chi connectivity index (χ3n) is 1.61. The second-order valence-corrected chi connectivity index (χ2v) is 2.83. The van der Waals surface area contributed by atoms with Crippen LogP contribution in [0.4, 0.5) is 4.39 Å². The van der Waals surface area contributed by atoms with Crippen molar-refractivity contribution < 1.29 is 4.39 Å². The maximum absolute atomic E-state index is 12.9. The van der Waals surface area contributed by atoms with Gasteiger partial charge in [-0.2, -0.15) is 8.75 Å². The Kier molecular flexibility index (Phi) is 1.35. The lowest BCUT2D eigenvalue weighted by Crippen LogP contribution is -1.82. The zero-order valence-electron chi connectivity index (χ0n) is 5.84. The van der Waals surface area contributed by atoms with E-state index in [1.54, 1.807) is 13.0 Å². The van der Waals surface area contributed by atoms with Crippen LogP contribution in [0.2, 0.25) is 0 Å². The van der Waals surface area contributed by atoms with E-state index in [4.69, 9.17) is 0 Å². The van der Waals surface area contributed by atoms with Gasteiger partial charge in [-0.05, 0) is 19.1 Å². The molecule has 0 fully saturated rings. The summed E-state index contributed by atoms with van der Waals surface area (Å²) in [6.45, 7) is 1.71. The van der Waals surface area contributed by atoms with E-state index in [-0.39, 0.29) is 5.82 Å². The molecule has 0 amide bonds. The van der Waals surface area contributed by atoms with E-state index in [0.717, 1.165) is 17.2 Å². The summed E-state index contributed by atoms with van der Waals surface area (Å²) in [5.41, 5.74) is 2.03. The highest BCUT2D eigenvalue weighted by Gasteiger charge is 2.05. The molecule has 0 bridgehead atoms. The monoisotopic (exact) mass is 168 g/mol. The second kappa shape index (κ2) is 2.23. The Hall–Kier alpha value is -1.03. The van der Waals surface area contributed by atoms with Crippen molar-refractivity contribution in [3.05, 3.63) is 23.5 Å². The molecule has 0 aliphatic carbocycles. The number of hydrogen-bond acceptors (Lipinski definition) is 3. The van der Waals surface area contributed by atoms with Crippen LogP contribution in [0.1, 0.15) is 5.56 Å². The van der Waals surface area contributed by atoms with Crippen molar-refractivity contribution in [2.75, 3.05) is 0 Å². The summed E-state index contributed by atoms with van der Waals surface area (Å²) < 4.78 is 20.8. The summed E-state index contributed by atoms with van der Waals surface area (Å²) in [4.78, 5) is 0. The molecule has 0 atom stereocenters. The van der Waals surface area contributed by atoms with E-state index in [1.165, 1.54) is 6.07 Å². The van der Waals surface area contributed by atoms with Gasteiger partial charge in [0.15, 0.2) is 0 Å². The third-order valence-corrected chi connectivity index (χ3v) is 2.16. The van der Waals surface area contributed by atoms with E-state index >= 15 is 0 Å². The van der Waals surface area contributed by atoms with Gasteiger partial charge in [0.25, 0.3) is 0 Å². The largest absolute Gasteiger partial charge is 0.207 e. The average Bonchev–Trinajstić information content (AvgIpc) is 2.45. The molecule has 0 unspecified atom stereocenters. The van der Waals surface area contributed by atoms with Gasteiger partial charge < -0.3 is 0 Å². The Balaban J connectivity index is 2.93. The molecule has 56 valence electrons. The highest BCUT2D eigenvalue weighted by molar-refractivity contribution is 7.00. The first kappa shape index (κ1) is 6.67. The summed E-state index contributed by atoms with van der Waals surface area (Å²) in [6, 6.07) is 3.06. The number of halogens is 1. The number of aryl methyl sites for hydroxylation is 1. The van der Waals surface area contributed by atoms with Crippen LogP contribution >= 0.6 is 11.7 Å². The Morgan fingerprint density at radius 3 is 3.00 bits per heavy atom. The standard InChI is InChI=1S/C7H5FN2S/c1-4-5(8)2-3-6-7(4)10-11-9-6/h2-3H,1H3. The van der Waals surface area contributed by atoms with E-state index < -0.39 is 0 Å². The minimum Gasteiger partial charge on any atom is -0.207 e. The van der Waals surface area contributed by atoms with Gasteiger partial charge in [0.2, 0.25) is 0 Å². The van der Waals surface area contributed by atoms with Gasteiger partial charge in [-0.25, -0.2) is 4.39 Å². The minimum atomic E-state index is -0.217. The van der Waals surface area contributed by atoms with Crippen molar-refractivity contribution in [3.63, 3.8) is 0 Å². The first-order valence-electron chi connectivity index (χ1n) is 3.16. The Morgan fingerprint density at radius 1 is 1.36 bits per heavy atom. The average molecular weight is 168 g/mol. The minimum absolute atomic E-state index is 0.217. The Bertz CT molecular complexity index is 396. The van der Waals surface area contributed by atoms with Crippen molar-refractivity contribution >= 4 is 22.8 Å². The molecule has 0 radical (unpaired) electrons. The summed E-state index contributed by atoms with van der Waals surface area (Å²) in [7, 11) is 0. The molecule has 0 spiro atoms. The molecule has 0 aliphatic rings. The Morgan fingerprint density at radius 2 is 2.18 bits per heavy atom. The maximum atomic E-state index is 12.9. The molecule has 0 saturated carbocycles. The molecule has 1 aromatic heterocycles. The van der Waals surface area contributed by atoms with Crippen LogP contribution in [0.5, 0.6) is 0 Å². The molecule has 2 rings (SSSR count). The van der Waals surface area contributed by atoms with Gasteiger partial charge >= 0.3 is 0 Å². The molecule has 2 aromatic rings. The van der Waals surface area contributed by atoms with Crippen LogP contribution < -0.4 is 0 Å². The lowest BCUT2D eigenvalue weighted by molar-refractivity contribution is 0.620. The number of hydrogen-bond donors (Lipinski definition) is 0. The van der Waals surface area contributed by atoms with Crippen molar-refractivity contribution in [2.24, 2.45) is 0 Å². The van der Waals surface area contributed by atoms with Crippen LogP contribution in [-0.2, 0) is 0 Å². The lowest BCUT2D eigenvalue weighted by Gasteiger charge is -1.93. The first-order valence-corrected chi connectivity index (χ1v) is 3.89. The van der Waals surface area contributed by atoms with Crippen molar-refractivity contribution in [1.82, 2.24) is 8.75 Å². The SMILES string of the molecule is Cc1c(F)ccc2nsnc12. The number of benzene rings is 1. The van der Waals surface area contributed by atoms with Crippen molar-refractivity contribution in [3.8, 4) is 0 Å². The quantitative estimate of drug-likeness (QED) is 0.602. The van der Waals surface area contributed by atoms with E-state index in [0.29, 0.717) is 11.1 Å². The first-order chi connectivity index (χ1) is 5.29. The molecule has 4 heteroatoms. The number of fused-ring (bicyclic) bond motifs is 1. The molecule has 11 heavy (non-hydrogen) atoms. The molecule has 2 nitrogen and oxygen atoms in total. The fourth-order valence-corrected chi connectivity index (χ4v) is 1.54. The maximum Gasteiger partial charge on any atom is 0.128 e. The molecule has 0 aliphatic heterocycles. The number of rotatable bonds is 0. The number of aromatic nitrogens is 2. The van der Waals surface area contributed by atoms with Gasteiger partial charge in [-0.15, -0.1) is 0 Å². The smallest absolute Gasteiger partial charge is 0.128 e. The van der Waals surface area contributed by atoms with Crippen LogP contribution in [0.25, 0.3) is 11.0 Å². The highest BCUT2D eigenvalue weighted by Crippen LogP contribution is 2.17.